The molecule has 0 aliphatic heterocycles. The van der Waals surface area contributed by atoms with Gasteiger partial charge in [-0.15, -0.1) is 0 Å². The molecule has 2 aliphatic rings. The second-order valence-electron chi connectivity index (χ2n) is 12.6. The summed E-state index contributed by atoms with van der Waals surface area (Å²) in [5.41, 5.74) is 2.93. The Morgan fingerprint density at radius 3 is 1.91 bits per heavy atom. The molecule has 1 unspecified atom stereocenters. The van der Waals surface area contributed by atoms with Gasteiger partial charge in [0.2, 0.25) is 0 Å². The van der Waals surface area contributed by atoms with Crippen LogP contribution < -0.4 is 0 Å². The molecule has 3 aromatic carbocycles. The van der Waals surface area contributed by atoms with Crippen molar-refractivity contribution in [1.82, 2.24) is 0 Å². The molecule has 228 valence electrons. The molecule has 1 saturated carbocycles. The van der Waals surface area contributed by atoms with E-state index in [0.29, 0.717) is 34.6 Å². The van der Waals surface area contributed by atoms with Gasteiger partial charge < -0.3 is 0 Å². The molecule has 3 aromatic rings. The summed E-state index contributed by atoms with van der Waals surface area (Å²) in [6.45, 7) is 4.09. The Labute approximate surface area is 254 Å². The maximum Gasteiger partial charge on any atom is 0.167 e. The minimum atomic E-state index is -0.876. The molecular weight excluding hydrogens is 544 g/mol. The van der Waals surface area contributed by atoms with Gasteiger partial charge in [-0.1, -0.05) is 92.9 Å². The van der Waals surface area contributed by atoms with E-state index in [9.17, 15) is 8.78 Å². The highest BCUT2D eigenvalue weighted by molar-refractivity contribution is 5.74. The second kappa shape index (κ2) is 14.6. The third-order valence-electron chi connectivity index (χ3n) is 9.88. The summed E-state index contributed by atoms with van der Waals surface area (Å²) in [4.78, 5) is 0. The molecule has 0 nitrogen and oxygen atoms in total. The number of rotatable bonds is 10. The molecule has 2 aliphatic carbocycles. The summed E-state index contributed by atoms with van der Waals surface area (Å²) in [6.07, 6.45) is 19.2. The smallest absolute Gasteiger partial charge is 0.167 e. The standard InChI is InChI=1S/C39H44F4/c1-3-5-7-8-26-10-12-27(13-11-26)28-14-16-29(17-15-28)34-24-25-35(39(43)38(34)42)31-20-18-30(19-21-31)33-23-22-32(9-6-4-2)36(40)37(33)41/h3,5,16,18-28H,4,6-15,17H2,1-2H3. The highest BCUT2D eigenvalue weighted by Gasteiger charge is 2.29. The summed E-state index contributed by atoms with van der Waals surface area (Å²) in [7, 11) is 0. The zero-order chi connectivity index (χ0) is 30.3. The molecule has 0 heterocycles. The lowest BCUT2D eigenvalue weighted by molar-refractivity contribution is 0.190. The molecule has 0 radical (unpaired) electrons. The minimum Gasteiger partial charge on any atom is -0.203 e. The van der Waals surface area contributed by atoms with Crippen LogP contribution in [0.1, 0.15) is 95.6 Å². The second-order valence-corrected chi connectivity index (χ2v) is 12.6. The third kappa shape index (κ3) is 7.16. The summed E-state index contributed by atoms with van der Waals surface area (Å²) in [5.74, 6) is -1.15. The molecule has 1 fully saturated rings. The van der Waals surface area contributed by atoms with E-state index in [1.807, 2.05) is 6.92 Å². The van der Waals surface area contributed by atoms with E-state index < -0.39 is 23.3 Å². The molecule has 4 heteroatoms. The fourth-order valence-electron chi connectivity index (χ4n) is 7.20. The van der Waals surface area contributed by atoms with Crippen LogP contribution in [0.3, 0.4) is 0 Å². The largest absolute Gasteiger partial charge is 0.203 e. The quantitative estimate of drug-likeness (QED) is 0.163. The Hall–Kier alpha value is -3.14. The molecule has 5 rings (SSSR count). The zero-order valence-corrected chi connectivity index (χ0v) is 25.6. The van der Waals surface area contributed by atoms with Crippen molar-refractivity contribution in [3.63, 3.8) is 0 Å². The van der Waals surface area contributed by atoms with Gasteiger partial charge in [-0.05, 0) is 105 Å². The number of unbranched alkanes of at least 4 members (excludes halogenated alkanes) is 1. The molecule has 43 heavy (non-hydrogen) atoms. The Morgan fingerprint density at radius 1 is 0.698 bits per heavy atom. The van der Waals surface area contributed by atoms with Gasteiger partial charge in [-0.2, -0.15) is 0 Å². The Bertz CT molecular complexity index is 1440. The van der Waals surface area contributed by atoms with Crippen LogP contribution in [0.15, 0.2) is 66.8 Å². The number of allylic oxidation sites excluding steroid dienone is 4. The fourth-order valence-corrected chi connectivity index (χ4v) is 7.20. The van der Waals surface area contributed by atoms with Gasteiger partial charge in [0.15, 0.2) is 23.3 Å². The van der Waals surface area contributed by atoms with E-state index >= 15 is 8.78 Å². The van der Waals surface area contributed by atoms with Crippen LogP contribution in [0.25, 0.3) is 27.8 Å². The number of benzene rings is 3. The summed E-state index contributed by atoms with van der Waals surface area (Å²) in [6, 6.07) is 13.1. The maximum atomic E-state index is 15.4. The Kier molecular flexibility index (Phi) is 10.6. The first kappa shape index (κ1) is 31.3. The molecule has 1 atom stereocenters. The van der Waals surface area contributed by atoms with E-state index in [2.05, 4.69) is 25.2 Å². The van der Waals surface area contributed by atoms with Crippen molar-refractivity contribution in [3.05, 3.63) is 101 Å². The topological polar surface area (TPSA) is 0 Å². The van der Waals surface area contributed by atoms with Gasteiger partial charge >= 0.3 is 0 Å². The van der Waals surface area contributed by atoms with Crippen LogP contribution in [-0.4, -0.2) is 0 Å². The number of halogens is 4. The highest BCUT2D eigenvalue weighted by Crippen LogP contribution is 2.43. The average Bonchev–Trinajstić information content (AvgIpc) is 3.04. The average molecular weight is 589 g/mol. The van der Waals surface area contributed by atoms with Crippen molar-refractivity contribution in [2.75, 3.05) is 0 Å². The van der Waals surface area contributed by atoms with Crippen LogP contribution in [-0.2, 0) is 6.42 Å². The zero-order valence-electron chi connectivity index (χ0n) is 25.6. The van der Waals surface area contributed by atoms with Crippen molar-refractivity contribution in [3.8, 4) is 22.3 Å². The van der Waals surface area contributed by atoms with Crippen molar-refractivity contribution in [2.24, 2.45) is 17.8 Å². The van der Waals surface area contributed by atoms with E-state index in [1.54, 1.807) is 48.5 Å². The van der Waals surface area contributed by atoms with Crippen LogP contribution >= 0.6 is 0 Å². The highest BCUT2D eigenvalue weighted by atomic mass is 19.2. The lowest BCUT2D eigenvalue weighted by Gasteiger charge is -2.35. The van der Waals surface area contributed by atoms with Gasteiger partial charge in [-0.25, -0.2) is 17.6 Å². The fraction of sp³-hybridized carbons (Fsp3) is 0.436. The molecule has 0 N–H and O–H groups in total. The normalized spacial score (nSPS) is 20.9. The van der Waals surface area contributed by atoms with Gasteiger partial charge in [0.25, 0.3) is 0 Å². The predicted octanol–water partition coefficient (Wildman–Crippen LogP) is 12.3. The summed E-state index contributed by atoms with van der Waals surface area (Å²) in [5, 5.41) is 0. The van der Waals surface area contributed by atoms with Crippen LogP contribution in [0.2, 0.25) is 0 Å². The van der Waals surface area contributed by atoms with Crippen LogP contribution in [0.4, 0.5) is 17.6 Å². The Morgan fingerprint density at radius 2 is 1.30 bits per heavy atom. The summed E-state index contributed by atoms with van der Waals surface area (Å²) < 4.78 is 60.3. The van der Waals surface area contributed by atoms with Crippen molar-refractivity contribution < 1.29 is 17.6 Å². The molecule has 0 aromatic heterocycles. The van der Waals surface area contributed by atoms with Crippen molar-refractivity contribution in [2.45, 2.75) is 90.9 Å². The van der Waals surface area contributed by atoms with Crippen LogP contribution in [0, 0.1) is 41.0 Å². The molecule has 0 amide bonds. The van der Waals surface area contributed by atoms with E-state index in [4.69, 9.17) is 0 Å². The van der Waals surface area contributed by atoms with E-state index in [-0.39, 0.29) is 11.1 Å². The first-order valence-electron chi connectivity index (χ1n) is 16.3. The lowest BCUT2D eigenvalue weighted by Crippen LogP contribution is -2.23. The SMILES string of the molecule is CC=CCCC1CCC(C2CC=C(c3ccc(-c4ccc(-c5ccc(CCCC)c(F)c5F)cc4)c(F)c3F)CC2)CC1. The van der Waals surface area contributed by atoms with E-state index in [1.165, 1.54) is 38.5 Å². The number of hydrogen-bond donors (Lipinski definition) is 0. The lowest BCUT2D eigenvalue weighted by atomic mass is 9.70. The number of aryl methyl sites for hydroxylation is 1. The third-order valence-corrected chi connectivity index (χ3v) is 9.88. The molecule has 0 spiro atoms. The molecule has 0 saturated heterocycles. The first-order valence-corrected chi connectivity index (χ1v) is 16.3. The number of hydrogen-bond acceptors (Lipinski definition) is 0. The predicted molar refractivity (Wildman–Crippen MR) is 171 cm³/mol. The monoisotopic (exact) mass is 588 g/mol. The maximum absolute atomic E-state index is 15.4. The molecule has 0 bridgehead atoms. The van der Waals surface area contributed by atoms with Crippen molar-refractivity contribution >= 4 is 5.57 Å². The minimum absolute atomic E-state index is 0.159. The Balaban J connectivity index is 1.25. The van der Waals surface area contributed by atoms with Gasteiger partial charge in [-0.3, -0.25) is 0 Å². The first-order chi connectivity index (χ1) is 20.9. The van der Waals surface area contributed by atoms with Gasteiger partial charge in [0, 0.05) is 16.7 Å². The molecular formula is C39H44F4. The van der Waals surface area contributed by atoms with Gasteiger partial charge in [0.1, 0.15) is 0 Å². The van der Waals surface area contributed by atoms with E-state index in [0.717, 1.165) is 49.5 Å². The summed E-state index contributed by atoms with van der Waals surface area (Å²) >= 11 is 0. The van der Waals surface area contributed by atoms with Crippen molar-refractivity contribution in [1.29, 1.82) is 0 Å². The van der Waals surface area contributed by atoms with Crippen LogP contribution in [0.5, 0.6) is 0 Å². The van der Waals surface area contributed by atoms with Gasteiger partial charge in [0.05, 0.1) is 0 Å².